The lowest BCUT2D eigenvalue weighted by molar-refractivity contribution is 0.734. The van der Waals surface area contributed by atoms with Crippen LogP contribution >= 0.6 is 0 Å². The van der Waals surface area contributed by atoms with Gasteiger partial charge in [0.2, 0.25) is 0 Å². The van der Waals surface area contributed by atoms with E-state index in [1.807, 2.05) is 0 Å². The molecule has 3 aromatic rings. The predicted molar refractivity (Wildman–Crippen MR) is 114 cm³/mol. The molecule has 0 unspecified atom stereocenters. The fraction of sp³-hybridized carbons (Fsp3) is 0.308. The normalized spacial score (nSPS) is 10.9. The zero-order valence-electron chi connectivity index (χ0n) is 16.6. The van der Waals surface area contributed by atoms with Crippen molar-refractivity contribution < 1.29 is 0 Å². The molecule has 0 radical (unpaired) electrons. The molecule has 26 heavy (non-hydrogen) atoms. The van der Waals surface area contributed by atoms with Crippen LogP contribution < -0.4 is 0 Å². The van der Waals surface area contributed by atoms with Crippen LogP contribution in [0.4, 0.5) is 0 Å². The second kappa shape index (κ2) is 8.36. The fourth-order valence-electron chi connectivity index (χ4n) is 3.54. The van der Waals surface area contributed by atoms with Crippen molar-refractivity contribution in [3.8, 4) is 11.1 Å². The summed E-state index contributed by atoms with van der Waals surface area (Å²) in [6.45, 7) is 8.74. The summed E-state index contributed by atoms with van der Waals surface area (Å²) in [5.74, 6) is 0. The fourth-order valence-corrected chi connectivity index (χ4v) is 3.54. The third-order valence-corrected chi connectivity index (χ3v) is 5.41. The van der Waals surface area contributed by atoms with Gasteiger partial charge in [-0.2, -0.15) is 0 Å². The van der Waals surface area contributed by atoms with Crippen LogP contribution in [0.5, 0.6) is 0 Å². The third kappa shape index (κ3) is 4.64. The van der Waals surface area contributed by atoms with Gasteiger partial charge in [-0.15, -0.1) is 0 Å². The molecule has 134 valence electrons. The minimum Gasteiger partial charge on any atom is -0.0591 e. The monoisotopic (exact) mass is 342 g/mol. The van der Waals surface area contributed by atoms with Crippen LogP contribution in [0.3, 0.4) is 0 Å². The van der Waals surface area contributed by atoms with Gasteiger partial charge in [-0.1, -0.05) is 66.2 Å². The van der Waals surface area contributed by atoms with E-state index in [9.17, 15) is 0 Å². The van der Waals surface area contributed by atoms with Crippen molar-refractivity contribution in [3.05, 3.63) is 94.0 Å². The van der Waals surface area contributed by atoms with Gasteiger partial charge in [0.1, 0.15) is 0 Å². The van der Waals surface area contributed by atoms with E-state index in [1.165, 1.54) is 63.8 Å². The molecule has 0 N–H and O–H groups in total. The number of hydrogen-bond acceptors (Lipinski definition) is 0. The van der Waals surface area contributed by atoms with Gasteiger partial charge in [0.25, 0.3) is 0 Å². The standard InChI is InChI=1S/C26H30/c1-19-9-11-23(12-10-19)7-5-6-8-24-13-15-25(16-14-24)26-18-21(3)20(2)17-22(26)4/h9-18H,5-8H2,1-4H3. The molecule has 0 atom stereocenters. The Bertz CT molecular complexity index is 852. The number of hydrogen-bond donors (Lipinski definition) is 0. The molecule has 0 spiro atoms. The summed E-state index contributed by atoms with van der Waals surface area (Å²) in [6.07, 6.45) is 4.84. The summed E-state index contributed by atoms with van der Waals surface area (Å²) >= 11 is 0. The Morgan fingerprint density at radius 2 is 1.04 bits per heavy atom. The highest BCUT2D eigenvalue weighted by molar-refractivity contribution is 5.69. The van der Waals surface area contributed by atoms with Crippen LogP contribution in [0.25, 0.3) is 11.1 Å². The van der Waals surface area contributed by atoms with E-state index in [-0.39, 0.29) is 0 Å². The topological polar surface area (TPSA) is 0 Å². The highest BCUT2D eigenvalue weighted by atomic mass is 14.1. The van der Waals surface area contributed by atoms with E-state index >= 15 is 0 Å². The van der Waals surface area contributed by atoms with E-state index in [0.29, 0.717) is 0 Å². The van der Waals surface area contributed by atoms with Gasteiger partial charge in [-0.05, 0) is 92.3 Å². The first kappa shape index (κ1) is 18.5. The molecule has 3 aromatic carbocycles. The molecular formula is C26H30. The first-order valence-corrected chi connectivity index (χ1v) is 9.75. The van der Waals surface area contributed by atoms with E-state index < -0.39 is 0 Å². The molecule has 0 aliphatic rings. The first-order valence-electron chi connectivity index (χ1n) is 9.75. The van der Waals surface area contributed by atoms with E-state index in [4.69, 9.17) is 0 Å². The van der Waals surface area contributed by atoms with Gasteiger partial charge in [0.15, 0.2) is 0 Å². The van der Waals surface area contributed by atoms with Gasteiger partial charge >= 0.3 is 0 Å². The highest BCUT2D eigenvalue weighted by Crippen LogP contribution is 2.27. The summed E-state index contributed by atoms with van der Waals surface area (Å²) in [4.78, 5) is 0. The zero-order chi connectivity index (χ0) is 18.5. The largest absolute Gasteiger partial charge is 0.0591 e. The maximum atomic E-state index is 2.32. The smallest absolute Gasteiger partial charge is 0.0152 e. The van der Waals surface area contributed by atoms with Crippen molar-refractivity contribution in [1.82, 2.24) is 0 Å². The van der Waals surface area contributed by atoms with Crippen LogP contribution in [-0.4, -0.2) is 0 Å². The quantitative estimate of drug-likeness (QED) is 0.417. The van der Waals surface area contributed by atoms with Gasteiger partial charge < -0.3 is 0 Å². The molecule has 0 fully saturated rings. The van der Waals surface area contributed by atoms with Crippen molar-refractivity contribution in [3.63, 3.8) is 0 Å². The lowest BCUT2D eigenvalue weighted by Crippen LogP contribution is -1.91. The number of aryl methyl sites for hydroxylation is 6. The number of rotatable bonds is 6. The maximum absolute atomic E-state index is 2.32. The lowest BCUT2D eigenvalue weighted by atomic mass is 9.94. The molecule has 0 aromatic heterocycles. The Morgan fingerprint density at radius 1 is 0.538 bits per heavy atom. The van der Waals surface area contributed by atoms with Crippen molar-refractivity contribution in [2.75, 3.05) is 0 Å². The summed E-state index contributed by atoms with van der Waals surface area (Å²) in [6, 6.07) is 22.7. The predicted octanol–water partition coefficient (Wildman–Crippen LogP) is 7.15. The van der Waals surface area contributed by atoms with Crippen LogP contribution in [0.15, 0.2) is 60.7 Å². The maximum Gasteiger partial charge on any atom is -0.0152 e. The minimum atomic E-state index is 1.16. The Hall–Kier alpha value is -2.34. The average Bonchev–Trinajstić information content (AvgIpc) is 2.64. The second-order valence-corrected chi connectivity index (χ2v) is 7.64. The second-order valence-electron chi connectivity index (χ2n) is 7.64. The molecule has 0 bridgehead atoms. The SMILES string of the molecule is Cc1ccc(CCCCc2ccc(-c3cc(C)c(C)cc3C)cc2)cc1. The van der Waals surface area contributed by atoms with Crippen LogP contribution in [-0.2, 0) is 12.8 Å². The van der Waals surface area contributed by atoms with E-state index in [2.05, 4.69) is 88.4 Å². The van der Waals surface area contributed by atoms with Crippen LogP contribution in [0, 0.1) is 27.7 Å². The molecule has 0 saturated carbocycles. The first-order chi connectivity index (χ1) is 12.5. The van der Waals surface area contributed by atoms with Gasteiger partial charge in [-0.3, -0.25) is 0 Å². The summed E-state index contributed by atoms with van der Waals surface area (Å²) < 4.78 is 0. The Morgan fingerprint density at radius 3 is 1.62 bits per heavy atom. The molecule has 3 rings (SSSR count). The number of unbranched alkanes of at least 4 members (excludes halogenated alkanes) is 1. The molecule has 0 amide bonds. The average molecular weight is 343 g/mol. The molecule has 0 aliphatic carbocycles. The molecule has 0 saturated heterocycles. The minimum absolute atomic E-state index is 1.16. The van der Waals surface area contributed by atoms with E-state index in [0.717, 1.165) is 6.42 Å². The highest BCUT2D eigenvalue weighted by Gasteiger charge is 2.05. The molecule has 0 nitrogen and oxygen atoms in total. The van der Waals surface area contributed by atoms with Crippen molar-refractivity contribution in [1.29, 1.82) is 0 Å². The molecule has 0 aliphatic heterocycles. The summed E-state index contributed by atoms with van der Waals surface area (Å²) in [5, 5.41) is 0. The van der Waals surface area contributed by atoms with Crippen LogP contribution in [0.1, 0.15) is 46.2 Å². The summed E-state index contributed by atoms with van der Waals surface area (Å²) in [7, 11) is 0. The van der Waals surface area contributed by atoms with Crippen LogP contribution in [0.2, 0.25) is 0 Å². The molecule has 0 heterocycles. The van der Waals surface area contributed by atoms with Gasteiger partial charge in [0, 0.05) is 0 Å². The zero-order valence-corrected chi connectivity index (χ0v) is 16.6. The lowest BCUT2D eigenvalue weighted by Gasteiger charge is -2.11. The molecular weight excluding hydrogens is 312 g/mol. The number of benzene rings is 3. The Balaban J connectivity index is 1.56. The Labute approximate surface area is 158 Å². The summed E-state index contributed by atoms with van der Waals surface area (Å²) in [5.41, 5.74) is 11.0. The van der Waals surface area contributed by atoms with Gasteiger partial charge in [0.05, 0.1) is 0 Å². The van der Waals surface area contributed by atoms with Gasteiger partial charge in [-0.25, -0.2) is 0 Å². The molecule has 0 heteroatoms. The van der Waals surface area contributed by atoms with Crippen molar-refractivity contribution in [2.24, 2.45) is 0 Å². The van der Waals surface area contributed by atoms with Crippen molar-refractivity contribution in [2.45, 2.75) is 53.4 Å². The third-order valence-electron chi connectivity index (χ3n) is 5.41. The van der Waals surface area contributed by atoms with E-state index in [1.54, 1.807) is 0 Å². The van der Waals surface area contributed by atoms with Crippen molar-refractivity contribution >= 4 is 0 Å². The Kier molecular flexibility index (Phi) is 5.93.